The Morgan fingerprint density at radius 2 is 1.88 bits per heavy atom. The molecule has 3 nitrogen and oxygen atoms in total. The molecule has 2 N–H and O–H groups in total. The summed E-state index contributed by atoms with van der Waals surface area (Å²) in [5.74, 6) is 0.591. The third kappa shape index (κ3) is 2.55. The number of nitrogens with two attached hydrogens (primary N) is 1. The first kappa shape index (κ1) is 13.0. The van der Waals surface area contributed by atoms with Crippen molar-refractivity contribution in [2.45, 2.75) is 70.6 Å². The average molecular weight is 239 g/mol. The van der Waals surface area contributed by atoms with Crippen molar-refractivity contribution in [1.82, 2.24) is 0 Å². The number of ketones is 1. The first-order valence-electron chi connectivity index (χ1n) is 6.71. The molecule has 2 aliphatic rings. The highest BCUT2D eigenvalue weighted by Gasteiger charge is 2.50. The van der Waals surface area contributed by atoms with Gasteiger partial charge in [0.1, 0.15) is 5.78 Å². The molecule has 1 saturated carbocycles. The van der Waals surface area contributed by atoms with E-state index in [-0.39, 0.29) is 29.1 Å². The highest BCUT2D eigenvalue weighted by Crippen LogP contribution is 2.44. The van der Waals surface area contributed by atoms with Crippen LogP contribution in [0.4, 0.5) is 0 Å². The zero-order chi connectivity index (χ0) is 12.8. The molecule has 3 atom stereocenters. The summed E-state index contributed by atoms with van der Waals surface area (Å²) in [5.41, 5.74) is 5.40. The fourth-order valence-electron chi connectivity index (χ4n) is 3.56. The Bertz CT molecular complexity index is 322. The number of hydrogen-bond acceptors (Lipinski definition) is 3. The second kappa shape index (κ2) is 4.06. The van der Waals surface area contributed by atoms with Gasteiger partial charge in [-0.05, 0) is 53.4 Å². The Balaban J connectivity index is 2.09. The summed E-state index contributed by atoms with van der Waals surface area (Å²) in [6.07, 6.45) is 3.66. The summed E-state index contributed by atoms with van der Waals surface area (Å²) in [5, 5.41) is 0. The molecule has 0 bridgehead atoms. The molecule has 17 heavy (non-hydrogen) atoms. The van der Waals surface area contributed by atoms with E-state index in [0.29, 0.717) is 5.78 Å². The Labute approximate surface area is 104 Å². The van der Waals surface area contributed by atoms with Gasteiger partial charge in [0.2, 0.25) is 0 Å². The van der Waals surface area contributed by atoms with E-state index in [1.54, 1.807) is 0 Å². The molecule has 0 spiro atoms. The number of carbonyl (C=O) groups excluding carboxylic acids is 1. The Hall–Kier alpha value is -0.410. The first-order chi connectivity index (χ1) is 7.71. The van der Waals surface area contributed by atoms with Crippen molar-refractivity contribution in [2.24, 2.45) is 17.6 Å². The van der Waals surface area contributed by atoms with E-state index in [0.717, 1.165) is 25.7 Å². The molecule has 0 amide bonds. The Morgan fingerprint density at radius 3 is 2.29 bits per heavy atom. The first-order valence-corrected chi connectivity index (χ1v) is 6.71. The highest BCUT2D eigenvalue weighted by atomic mass is 16.5. The monoisotopic (exact) mass is 239 g/mol. The SMILES string of the molecule is CC1(C)CC(C(=O)C2CCC(N)C2)C(C)(C)O1. The van der Waals surface area contributed by atoms with Crippen molar-refractivity contribution < 1.29 is 9.53 Å². The van der Waals surface area contributed by atoms with E-state index in [4.69, 9.17) is 10.5 Å². The predicted octanol–water partition coefficient (Wildman–Crippen LogP) is 2.28. The molecule has 1 saturated heterocycles. The lowest BCUT2D eigenvalue weighted by Crippen LogP contribution is -2.36. The van der Waals surface area contributed by atoms with Gasteiger partial charge >= 0.3 is 0 Å². The van der Waals surface area contributed by atoms with Crippen LogP contribution in [0.15, 0.2) is 0 Å². The van der Waals surface area contributed by atoms with Crippen LogP contribution in [0, 0.1) is 11.8 Å². The molecule has 3 unspecified atom stereocenters. The summed E-state index contributed by atoms with van der Waals surface area (Å²) >= 11 is 0. The van der Waals surface area contributed by atoms with Crippen molar-refractivity contribution in [2.75, 3.05) is 0 Å². The topological polar surface area (TPSA) is 52.3 Å². The van der Waals surface area contributed by atoms with Crippen LogP contribution in [0.5, 0.6) is 0 Å². The summed E-state index contributed by atoms with van der Waals surface area (Å²) in [6.45, 7) is 8.23. The van der Waals surface area contributed by atoms with Gasteiger partial charge in [-0.1, -0.05) is 0 Å². The summed E-state index contributed by atoms with van der Waals surface area (Å²) < 4.78 is 6.00. The van der Waals surface area contributed by atoms with E-state index in [9.17, 15) is 4.79 Å². The van der Waals surface area contributed by atoms with Gasteiger partial charge in [0.05, 0.1) is 11.2 Å². The quantitative estimate of drug-likeness (QED) is 0.804. The van der Waals surface area contributed by atoms with Crippen LogP contribution in [-0.4, -0.2) is 23.0 Å². The van der Waals surface area contributed by atoms with Crippen LogP contribution in [0.2, 0.25) is 0 Å². The van der Waals surface area contributed by atoms with E-state index in [1.807, 2.05) is 13.8 Å². The molecule has 0 aromatic carbocycles. The van der Waals surface area contributed by atoms with Gasteiger partial charge in [-0.3, -0.25) is 4.79 Å². The van der Waals surface area contributed by atoms with E-state index in [2.05, 4.69) is 13.8 Å². The maximum atomic E-state index is 12.6. The van der Waals surface area contributed by atoms with Crippen LogP contribution in [0.25, 0.3) is 0 Å². The number of rotatable bonds is 2. The maximum Gasteiger partial charge on any atom is 0.142 e. The van der Waals surface area contributed by atoms with Gasteiger partial charge in [0.15, 0.2) is 0 Å². The molecule has 1 heterocycles. The number of carbonyl (C=O) groups is 1. The Morgan fingerprint density at radius 1 is 1.24 bits per heavy atom. The van der Waals surface area contributed by atoms with Crippen molar-refractivity contribution in [1.29, 1.82) is 0 Å². The molecule has 98 valence electrons. The molecular formula is C14H25NO2. The van der Waals surface area contributed by atoms with Crippen LogP contribution >= 0.6 is 0 Å². The normalized spacial score (nSPS) is 39.5. The van der Waals surface area contributed by atoms with Gasteiger partial charge in [-0.2, -0.15) is 0 Å². The molecule has 1 aliphatic heterocycles. The van der Waals surface area contributed by atoms with Gasteiger partial charge in [-0.15, -0.1) is 0 Å². The molecule has 0 aromatic rings. The van der Waals surface area contributed by atoms with Crippen molar-refractivity contribution >= 4 is 5.78 Å². The molecule has 0 radical (unpaired) electrons. The minimum atomic E-state index is -0.326. The second-order valence-electron chi connectivity index (χ2n) is 6.89. The van der Waals surface area contributed by atoms with Gasteiger partial charge in [-0.25, -0.2) is 0 Å². The maximum absolute atomic E-state index is 12.6. The van der Waals surface area contributed by atoms with Crippen molar-refractivity contribution in [3.63, 3.8) is 0 Å². The van der Waals surface area contributed by atoms with Gasteiger partial charge in [0.25, 0.3) is 0 Å². The Kier molecular flexibility index (Phi) is 3.11. The smallest absolute Gasteiger partial charge is 0.142 e. The molecule has 2 fully saturated rings. The van der Waals surface area contributed by atoms with Gasteiger partial charge in [0, 0.05) is 17.9 Å². The lowest BCUT2D eigenvalue weighted by atomic mass is 9.79. The summed E-state index contributed by atoms with van der Waals surface area (Å²) in [4.78, 5) is 12.6. The van der Waals surface area contributed by atoms with Crippen LogP contribution in [0.3, 0.4) is 0 Å². The lowest BCUT2D eigenvalue weighted by molar-refractivity contribution is -0.133. The highest BCUT2D eigenvalue weighted by molar-refractivity contribution is 5.85. The lowest BCUT2D eigenvalue weighted by Gasteiger charge is -2.27. The zero-order valence-corrected chi connectivity index (χ0v) is 11.5. The molecular weight excluding hydrogens is 214 g/mol. The summed E-state index contributed by atoms with van der Waals surface area (Å²) in [6, 6.07) is 0.224. The largest absolute Gasteiger partial charge is 0.369 e. The van der Waals surface area contributed by atoms with E-state index < -0.39 is 0 Å². The molecule has 2 rings (SSSR count). The third-order valence-corrected chi connectivity index (χ3v) is 4.29. The number of Topliss-reactive ketones (excluding diaryl/α,β-unsaturated/α-hetero) is 1. The van der Waals surface area contributed by atoms with E-state index in [1.165, 1.54) is 0 Å². The van der Waals surface area contributed by atoms with Crippen molar-refractivity contribution in [3.8, 4) is 0 Å². The third-order valence-electron chi connectivity index (χ3n) is 4.29. The second-order valence-corrected chi connectivity index (χ2v) is 6.89. The number of hydrogen-bond donors (Lipinski definition) is 1. The van der Waals surface area contributed by atoms with Gasteiger partial charge < -0.3 is 10.5 Å². The average Bonchev–Trinajstić information content (AvgIpc) is 2.66. The zero-order valence-electron chi connectivity index (χ0n) is 11.5. The van der Waals surface area contributed by atoms with Crippen LogP contribution in [0.1, 0.15) is 53.4 Å². The fraction of sp³-hybridized carbons (Fsp3) is 0.929. The minimum Gasteiger partial charge on any atom is -0.369 e. The predicted molar refractivity (Wildman–Crippen MR) is 67.7 cm³/mol. The number of ether oxygens (including phenoxy) is 1. The van der Waals surface area contributed by atoms with Crippen molar-refractivity contribution in [3.05, 3.63) is 0 Å². The standard InChI is InChI=1S/C14H25NO2/c1-13(2)8-11(14(3,4)17-13)12(16)9-5-6-10(15)7-9/h9-11H,5-8,15H2,1-4H3. The van der Waals surface area contributed by atoms with E-state index >= 15 is 0 Å². The molecule has 0 aromatic heterocycles. The molecule has 3 heteroatoms. The van der Waals surface area contributed by atoms with Crippen LogP contribution < -0.4 is 5.73 Å². The summed E-state index contributed by atoms with van der Waals surface area (Å²) in [7, 11) is 0. The van der Waals surface area contributed by atoms with Crippen LogP contribution in [-0.2, 0) is 9.53 Å². The fourth-order valence-corrected chi connectivity index (χ4v) is 3.56. The molecule has 1 aliphatic carbocycles. The minimum absolute atomic E-state index is 0.0350.